The Morgan fingerprint density at radius 3 is 2.40 bits per heavy atom. The first kappa shape index (κ1) is 12.8. The lowest BCUT2D eigenvalue weighted by Crippen LogP contribution is -2.54. The average Bonchev–Trinajstić information content (AvgIpc) is 3.19. The zero-order valence-corrected chi connectivity index (χ0v) is 13.9. The predicted molar refractivity (Wildman–Crippen MR) is 77.5 cm³/mol. The molecule has 6 heteroatoms. The van der Waals surface area contributed by atoms with Crippen molar-refractivity contribution < 1.29 is 18.9 Å². The topological polar surface area (TPSA) is 36.9 Å². The summed E-state index contributed by atoms with van der Waals surface area (Å²) in [6.45, 7) is 2.53. The molecule has 4 nitrogen and oxygen atoms in total. The van der Waals surface area contributed by atoms with Crippen LogP contribution in [0.3, 0.4) is 0 Å². The Hall–Kier alpha value is 0.280. The Kier molecular flexibility index (Phi) is 2.42. The van der Waals surface area contributed by atoms with Gasteiger partial charge in [0.25, 0.3) is 0 Å². The molecule has 3 fully saturated rings. The van der Waals surface area contributed by atoms with Crippen molar-refractivity contribution >= 4 is 31.9 Å². The van der Waals surface area contributed by atoms with E-state index in [9.17, 15) is 0 Å². The van der Waals surface area contributed by atoms with Crippen molar-refractivity contribution in [3.05, 3.63) is 22.7 Å². The molecule has 2 heterocycles. The van der Waals surface area contributed by atoms with Gasteiger partial charge < -0.3 is 18.9 Å². The Labute approximate surface area is 133 Å². The van der Waals surface area contributed by atoms with Gasteiger partial charge >= 0.3 is 0 Å². The summed E-state index contributed by atoms with van der Waals surface area (Å²) >= 11 is 7.60. The van der Waals surface area contributed by atoms with E-state index in [0.29, 0.717) is 32.3 Å². The molecule has 108 valence electrons. The van der Waals surface area contributed by atoms with E-state index in [4.69, 9.17) is 18.9 Å². The van der Waals surface area contributed by atoms with Crippen molar-refractivity contribution in [2.75, 3.05) is 26.4 Å². The summed E-state index contributed by atoms with van der Waals surface area (Å²) in [7, 11) is 0. The number of hydrogen-bond acceptors (Lipinski definition) is 4. The molecule has 20 heavy (non-hydrogen) atoms. The van der Waals surface area contributed by atoms with Gasteiger partial charge in [-0.3, -0.25) is 0 Å². The van der Waals surface area contributed by atoms with E-state index in [0.717, 1.165) is 4.48 Å². The van der Waals surface area contributed by atoms with Crippen molar-refractivity contribution in [2.45, 2.75) is 15.9 Å². The van der Waals surface area contributed by atoms with E-state index in [2.05, 4.69) is 50.1 Å². The van der Waals surface area contributed by atoms with Gasteiger partial charge in [-0.2, -0.15) is 0 Å². The van der Waals surface area contributed by atoms with Gasteiger partial charge in [-0.25, -0.2) is 0 Å². The fourth-order valence-electron chi connectivity index (χ4n) is 4.68. The molecule has 3 aliphatic carbocycles. The minimum absolute atomic E-state index is 0.125. The van der Waals surface area contributed by atoms with Crippen LogP contribution in [-0.2, 0) is 18.9 Å². The Balaban J connectivity index is 1.69. The highest BCUT2D eigenvalue weighted by molar-refractivity contribution is 9.11. The first-order valence-corrected chi connectivity index (χ1v) is 8.55. The third-order valence-corrected chi connectivity index (χ3v) is 7.41. The molecular weight excluding hydrogens is 392 g/mol. The van der Waals surface area contributed by atoms with Crippen LogP contribution in [0.25, 0.3) is 0 Å². The number of hydrogen-bond donors (Lipinski definition) is 0. The quantitative estimate of drug-likeness (QED) is 0.458. The van der Waals surface area contributed by atoms with Gasteiger partial charge in [0.15, 0.2) is 5.79 Å². The fourth-order valence-corrected chi connectivity index (χ4v) is 6.72. The zero-order chi connectivity index (χ0) is 13.6. The van der Waals surface area contributed by atoms with Crippen LogP contribution in [-0.4, -0.2) is 42.3 Å². The number of rotatable bonds is 0. The van der Waals surface area contributed by atoms with Crippen LogP contribution >= 0.6 is 31.9 Å². The fraction of sp³-hybridized carbons (Fsp3) is 0.714. The lowest BCUT2D eigenvalue weighted by Gasteiger charge is -2.42. The maximum Gasteiger partial charge on any atom is 0.206 e. The minimum Gasteiger partial charge on any atom is -0.345 e. The highest BCUT2D eigenvalue weighted by atomic mass is 79.9. The molecule has 2 saturated heterocycles. The second-order valence-electron chi connectivity index (χ2n) is 5.95. The summed E-state index contributed by atoms with van der Waals surface area (Å²) < 4.78 is 24.8. The number of ether oxygens (including phenoxy) is 4. The average molecular weight is 406 g/mol. The molecule has 4 atom stereocenters. The van der Waals surface area contributed by atoms with Crippen LogP contribution in [0, 0.1) is 17.8 Å². The molecule has 0 amide bonds. The van der Waals surface area contributed by atoms with Gasteiger partial charge in [-0.15, -0.1) is 0 Å². The Bertz CT molecular complexity index is 533. The van der Waals surface area contributed by atoms with Gasteiger partial charge in [0.2, 0.25) is 5.79 Å². The molecule has 0 aromatic heterocycles. The highest BCUT2D eigenvalue weighted by Crippen LogP contribution is 2.71. The number of halogens is 2. The maximum absolute atomic E-state index is 6.08. The lowest BCUT2D eigenvalue weighted by atomic mass is 9.82. The van der Waals surface area contributed by atoms with Gasteiger partial charge in [0.1, 0.15) is 4.32 Å². The van der Waals surface area contributed by atoms with E-state index < -0.39 is 15.9 Å². The van der Waals surface area contributed by atoms with Gasteiger partial charge in [-0.1, -0.05) is 50.1 Å². The van der Waals surface area contributed by atoms with Gasteiger partial charge in [0.05, 0.1) is 30.9 Å². The molecule has 1 saturated carbocycles. The van der Waals surface area contributed by atoms with Crippen molar-refractivity contribution in [2.24, 2.45) is 17.8 Å². The molecule has 2 spiro atoms. The van der Waals surface area contributed by atoms with E-state index in [1.165, 1.54) is 0 Å². The van der Waals surface area contributed by atoms with Crippen molar-refractivity contribution in [1.29, 1.82) is 0 Å². The standard InChI is InChI=1S/C14H14Br2O4/c15-10-7-8-9-1-2-12(16,14(9)19-5-6-20-14)11(8)13(10)17-3-4-18-13/h1-2,7-9,11H,3-6H2/t8-,9+,11-,12-/m0/s1. The molecule has 0 radical (unpaired) electrons. The molecule has 0 aromatic rings. The smallest absolute Gasteiger partial charge is 0.206 e. The summed E-state index contributed by atoms with van der Waals surface area (Å²) in [6, 6.07) is 0. The molecule has 0 N–H and O–H groups in total. The summed E-state index contributed by atoms with van der Waals surface area (Å²) in [5, 5.41) is 0. The first-order chi connectivity index (χ1) is 9.64. The lowest BCUT2D eigenvalue weighted by molar-refractivity contribution is -0.197. The molecule has 5 rings (SSSR count). The summed E-state index contributed by atoms with van der Waals surface area (Å²) in [6.07, 6.45) is 6.61. The van der Waals surface area contributed by atoms with E-state index >= 15 is 0 Å². The second-order valence-corrected chi connectivity index (χ2v) is 8.12. The van der Waals surface area contributed by atoms with Crippen LogP contribution in [0.2, 0.25) is 0 Å². The largest absolute Gasteiger partial charge is 0.345 e. The number of alkyl halides is 1. The van der Waals surface area contributed by atoms with Crippen LogP contribution in [0.4, 0.5) is 0 Å². The Morgan fingerprint density at radius 2 is 1.70 bits per heavy atom. The second kappa shape index (κ2) is 3.78. The van der Waals surface area contributed by atoms with E-state index in [1.807, 2.05) is 0 Å². The summed E-state index contributed by atoms with van der Waals surface area (Å²) in [5.41, 5.74) is 0. The first-order valence-electron chi connectivity index (χ1n) is 6.96. The third kappa shape index (κ3) is 1.14. The van der Waals surface area contributed by atoms with Gasteiger partial charge in [-0.05, 0) is 5.92 Å². The molecule has 2 aliphatic heterocycles. The van der Waals surface area contributed by atoms with Crippen molar-refractivity contribution in [3.8, 4) is 0 Å². The minimum atomic E-state index is -0.685. The van der Waals surface area contributed by atoms with Gasteiger partial charge in [0, 0.05) is 11.8 Å². The molecule has 2 bridgehead atoms. The number of fused-ring (bicyclic) bond motifs is 4. The molecule has 0 aromatic carbocycles. The Morgan fingerprint density at radius 1 is 1.05 bits per heavy atom. The monoisotopic (exact) mass is 404 g/mol. The van der Waals surface area contributed by atoms with E-state index in [1.54, 1.807) is 0 Å². The molecular formula is C14H14Br2O4. The third-order valence-electron chi connectivity index (χ3n) is 5.28. The van der Waals surface area contributed by atoms with Crippen LogP contribution in [0.15, 0.2) is 22.7 Å². The van der Waals surface area contributed by atoms with Crippen LogP contribution in [0.5, 0.6) is 0 Å². The van der Waals surface area contributed by atoms with E-state index in [-0.39, 0.29) is 11.8 Å². The van der Waals surface area contributed by atoms with Crippen molar-refractivity contribution in [3.63, 3.8) is 0 Å². The summed E-state index contributed by atoms with van der Waals surface area (Å²) in [4.78, 5) is 0. The molecule has 0 unspecified atom stereocenters. The summed E-state index contributed by atoms with van der Waals surface area (Å²) in [5.74, 6) is -0.663. The van der Waals surface area contributed by atoms with Crippen molar-refractivity contribution in [1.82, 2.24) is 0 Å². The number of allylic oxidation sites excluding steroid dienone is 1. The predicted octanol–water partition coefficient (Wildman–Crippen LogP) is 2.33. The maximum atomic E-state index is 6.08. The normalized spacial score (nSPS) is 49.5. The zero-order valence-electron chi connectivity index (χ0n) is 10.7. The van der Waals surface area contributed by atoms with Crippen LogP contribution in [0.1, 0.15) is 0 Å². The van der Waals surface area contributed by atoms with Crippen LogP contribution < -0.4 is 0 Å². The highest BCUT2D eigenvalue weighted by Gasteiger charge is 2.79. The molecule has 5 aliphatic rings. The SMILES string of the molecule is BrC1=C[C@H]2[C@H]3C=C[C@](Br)([C@H]2C12OCCO2)C31OCCO1.